The maximum atomic E-state index is 15.8. The van der Waals surface area contributed by atoms with Crippen LogP contribution in [0.15, 0.2) is 0 Å². The summed E-state index contributed by atoms with van der Waals surface area (Å²) in [6, 6.07) is 0. The van der Waals surface area contributed by atoms with Crippen molar-refractivity contribution >= 4 is 5.78 Å². The zero-order chi connectivity index (χ0) is 71.7. The maximum absolute atomic E-state index is 15.8. The van der Waals surface area contributed by atoms with Crippen LogP contribution in [0.5, 0.6) is 0 Å². The number of rotatable bonds is 80. The van der Waals surface area contributed by atoms with Crippen LogP contribution in [0.3, 0.4) is 0 Å². The minimum absolute atomic E-state index is 0.00987. The number of carbonyl (C=O) groups is 1. The summed E-state index contributed by atoms with van der Waals surface area (Å²) < 4.78 is 50.1. The zero-order valence-corrected chi connectivity index (χ0v) is 63.2. The molecule has 0 heterocycles. The van der Waals surface area contributed by atoms with E-state index in [0.717, 1.165) is 122 Å². The summed E-state index contributed by atoms with van der Waals surface area (Å²) in [5.41, 5.74) is -13.1. The summed E-state index contributed by atoms with van der Waals surface area (Å²) in [7, 11) is 0. The average molecular weight is 1310 g/mol. The van der Waals surface area contributed by atoms with Crippen LogP contribution in [-0.4, -0.2) is 60.3 Å². The molecular formula is C86H172O6. The van der Waals surface area contributed by atoms with E-state index in [1.54, 1.807) is 0 Å². The molecule has 0 radical (unpaired) electrons. The van der Waals surface area contributed by atoms with Crippen LogP contribution >= 0.6 is 0 Å². The second-order valence-corrected chi connectivity index (χ2v) is 29.9. The molecule has 0 aromatic heterocycles. The summed E-state index contributed by atoms with van der Waals surface area (Å²) in [6.07, 6.45) is 62.3. The van der Waals surface area contributed by atoms with E-state index in [1.165, 1.54) is 244 Å². The zero-order valence-electron chi connectivity index (χ0n) is 68.2. The first kappa shape index (κ1) is 82.1. The molecule has 0 aliphatic carbocycles. The Morgan fingerprint density at radius 2 is 0.391 bits per heavy atom. The molecule has 0 aromatic rings. The van der Waals surface area contributed by atoms with Crippen LogP contribution in [0.25, 0.3) is 0 Å². The lowest BCUT2D eigenvalue weighted by Gasteiger charge is -2.58. The highest BCUT2D eigenvalue weighted by atomic mass is 16.4. The Balaban J connectivity index is 7.37. The molecule has 0 aliphatic rings. The molecule has 5 unspecified atom stereocenters. The van der Waals surface area contributed by atoms with E-state index in [2.05, 4.69) is 34.6 Å². The van der Waals surface area contributed by atoms with Gasteiger partial charge in [-0.25, -0.2) is 0 Å². The number of aliphatic hydroxyl groups is 5. The van der Waals surface area contributed by atoms with Crippen molar-refractivity contribution in [2.24, 2.45) is 0 Å². The second kappa shape index (κ2) is 69.0. The van der Waals surface area contributed by atoms with Crippen molar-refractivity contribution in [3.8, 4) is 0 Å². The van der Waals surface area contributed by atoms with Crippen molar-refractivity contribution in [2.45, 2.75) is 538 Å². The first-order chi connectivity index (χ1) is 47.1. The third kappa shape index (κ3) is 49.1. The van der Waals surface area contributed by atoms with Gasteiger partial charge in [-0.2, -0.15) is 0 Å². The highest BCUT2D eigenvalue weighted by molar-refractivity contribution is 5.89. The molecule has 0 fully saturated rings. The van der Waals surface area contributed by atoms with Crippen molar-refractivity contribution in [2.75, 3.05) is 6.61 Å². The Hall–Kier alpha value is -0.530. The number of aliphatic hydroxyl groups excluding tert-OH is 1. The van der Waals surface area contributed by atoms with Gasteiger partial charge in [0.25, 0.3) is 0 Å². The molecule has 0 bridgehead atoms. The first-order valence-electron chi connectivity index (χ1n) is 45.2. The Kier molecular flexibility index (Phi) is 61.6. The smallest absolute Gasteiger partial charge is 0.167 e. The molecule has 0 spiro atoms. The summed E-state index contributed by atoms with van der Waals surface area (Å²) in [6.45, 7) is 9.98. The van der Waals surface area contributed by atoms with E-state index in [4.69, 9.17) is 0 Å². The summed E-state index contributed by atoms with van der Waals surface area (Å²) >= 11 is 0. The minimum Gasteiger partial charge on any atom is -0.393 e. The van der Waals surface area contributed by atoms with Gasteiger partial charge in [-0.15, -0.1) is 0 Å². The SMILES string of the molecule is [2H]C(CCCCCCCCCCCCCCC)C(=O)[C@@](O)(C([2H])CCCCCCCCCCCCCCC)[C@](O)(C([2H])CCCCCCCCCCCCCCC)[C@](O)(C([2H])CCCCCCCCCCCCCCC)[C@](O)(CO)C([2H])CCCCCCCCCCCCCCC. The first-order valence-corrected chi connectivity index (χ1v) is 42.3. The van der Waals surface area contributed by atoms with E-state index < -0.39 is 66.8 Å². The molecule has 0 aromatic carbocycles. The Morgan fingerprint density at radius 1 is 0.228 bits per heavy atom. The highest BCUT2D eigenvalue weighted by Crippen LogP contribution is 2.51. The number of unbranched alkanes of at least 4 members (excludes halogenated alkanes) is 60. The third-order valence-corrected chi connectivity index (χ3v) is 21.1. The molecule has 9 atom stereocenters. The fourth-order valence-corrected chi connectivity index (χ4v) is 14.5. The van der Waals surface area contributed by atoms with Gasteiger partial charge in [-0.3, -0.25) is 4.79 Å². The third-order valence-electron chi connectivity index (χ3n) is 21.1. The average Bonchev–Trinajstić information content (AvgIpc) is 0.688. The highest BCUT2D eigenvalue weighted by Gasteiger charge is 2.69. The van der Waals surface area contributed by atoms with Crippen LogP contribution in [0.2, 0.25) is 0 Å². The summed E-state index contributed by atoms with van der Waals surface area (Å²) in [5, 5.41) is 67.8. The fraction of sp³-hybridized carbons (Fsp3) is 0.988. The number of ketones is 1. The molecule has 92 heavy (non-hydrogen) atoms. The van der Waals surface area contributed by atoms with Gasteiger partial charge in [0.05, 0.1) is 6.61 Å². The van der Waals surface area contributed by atoms with Gasteiger partial charge >= 0.3 is 0 Å². The van der Waals surface area contributed by atoms with Crippen molar-refractivity contribution in [3.63, 3.8) is 0 Å². The number of hydrogen-bond donors (Lipinski definition) is 5. The minimum atomic E-state index is -3.43. The maximum Gasteiger partial charge on any atom is 0.167 e. The van der Waals surface area contributed by atoms with Gasteiger partial charge < -0.3 is 25.5 Å². The molecule has 0 saturated heterocycles. The Bertz CT molecular complexity index is 1650. The van der Waals surface area contributed by atoms with Gasteiger partial charge in [0.15, 0.2) is 11.4 Å². The molecule has 0 rings (SSSR count). The van der Waals surface area contributed by atoms with E-state index in [1.807, 2.05) is 0 Å². The van der Waals surface area contributed by atoms with Crippen LogP contribution in [0, 0.1) is 0 Å². The van der Waals surface area contributed by atoms with Gasteiger partial charge in [0, 0.05) is 13.3 Å². The molecular weight excluding hydrogens is 1130 g/mol. The predicted octanol–water partition coefficient (Wildman–Crippen LogP) is 27.8. The number of Topliss-reactive ketones (excluding diaryl/α,β-unsaturated/α-hetero) is 1. The molecule has 0 aliphatic heterocycles. The Morgan fingerprint density at radius 3 is 0.598 bits per heavy atom. The van der Waals surface area contributed by atoms with E-state index >= 15 is 4.79 Å². The van der Waals surface area contributed by atoms with Crippen LogP contribution in [0.4, 0.5) is 0 Å². The standard InChI is InChI=1S/C86H172O6/c1-6-11-16-21-26-31-36-41-46-51-56-61-66-71-76-82(88)84(90,78-73-68-63-58-53-48-43-38-33-28-23-18-13-8-3)86(92,80-75-70-65-60-55-50-45-40-35-30-25-20-15-10-5)85(91,79-74-69-64-59-54-49-44-39-34-29-24-19-14-9-4)83(89,81-87)77-72-67-62-57-52-47-42-37-32-27-22-17-12-7-2/h87,89-92H,6-81H2,1-5H3/t83-,84+,85+,86-/m1/s1/i76D,77D,78D,79D,80D/t76?,77?,78?,79?,80?,83-,84+,85+,86-. The van der Waals surface area contributed by atoms with Gasteiger partial charge in [-0.1, -0.05) is 478 Å². The molecule has 552 valence electrons. The largest absolute Gasteiger partial charge is 0.393 e. The van der Waals surface area contributed by atoms with Gasteiger partial charge in [-0.05, 0) is 32.0 Å². The number of hydrogen-bond acceptors (Lipinski definition) is 6. The van der Waals surface area contributed by atoms with E-state index in [-0.39, 0.29) is 32.1 Å². The second-order valence-electron chi connectivity index (χ2n) is 29.9. The lowest BCUT2D eigenvalue weighted by Crippen LogP contribution is -2.78. The summed E-state index contributed by atoms with van der Waals surface area (Å²) in [5.74, 6) is -1.16. The lowest BCUT2D eigenvalue weighted by atomic mass is 9.56. The molecule has 0 saturated carbocycles. The molecule has 6 nitrogen and oxygen atoms in total. The molecule has 6 heteroatoms. The van der Waals surface area contributed by atoms with Crippen molar-refractivity contribution in [1.29, 1.82) is 0 Å². The molecule has 0 amide bonds. The predicted molar refractivity (Wildman–Crippen MR) is 407 cm³/mol. The summed E-state index contributed by atoms with van der Waals surface area (Å²) in [4.78, 5) is 15.8. The van der Waals surface area contributed by atoms with Gasteiger partial charge in [0.2, 0.25) is 0 Å². The topological polar surface area (TPSA) is 118 Å². The lowest BCUT2D eigenvalue weighted by molar-refractivity contribution is -0.308. The van der Waals surface area contributed by atoms with Crippen LogP contribution in [0.1, 0.15) is 523 Å². The number of carbonyl (C=O) groups excluding carboxylic acids is 1. The van der Waals surface area contributed by atoms with Crippen molar-refractivity contribution < 1.29 is 37.2 Å². The van der Waals surface area contributed by atoms with Crippen molar-refractivity contribution in [1.82, 2.24) is 0 Å². The molecule has 5 N–H and O–H groups in total. The fourth-order valence-electron chi connectivity index (χ4n) is 14.5. The Labute approximate surface area is 585 Å². The normalized spacial score (nSPS) is 17.1. The van der Waals surface area contributed by atoms with E-state index in [0.29, 0.717) is 51.4 Å². The van der Waals surface area contributed by atoms with E-state index in [9.17, 15) is 32.4 Å². The monoisotopic (exact) mass is 1310 g/mol. The van der Waals surface area contributed by atoms with Crippen LogP contribution in [-0.2, 0) is 4.79 Å². The van der Waals surface area contributed by atoms with Crippen molar-refractivity contribution in [3.05, 3.63) is 0 Å². The van der Waals surface area contributed by atoms with Crippen LogP contribution < -0.4 is 0 Å². The quantitative estimate of drug-likeness (QED) is 0.0387. The van der Waals surface area contributed by atoms with Gasteiger partial charge in [0.1, 0.15) is 16.8 Å².